The minimum atomic E-state index is -4.63. The Hall–Kier alpha value is -4.23. The first-order valence-electron chi connectivity index (χ1n) is 17.4. The van der Waals surface area contributed by atoms with Crippen LogP contribution in [0.3, 0.4) is 0 Å². The van der Waals surface area contributed by atoms with E-state index in [2.05, 4.69) is 5.32 Å². The number of piperidine rings is 1. The van der Waals surface area contributed by atoms with Crippen molar-refractivity contribution in [3.05, 3.63) is 84.4 Å². The molecule has 2 amide bonds. The highest BCUT2D eigenvalue weighted by atomic mass is 32.2. The van der Waals surface area contributed by atoms with E-state index in [9.17, 15) is 18.0 Å². The minimum Gasteiger partial charge on any atom is -0.493 e. The van der Waals surface area contributed by atoms with Crippen molar-refractivity contribution in [2.24, 2.45) is 5.92 Å². The Labute approximate surface area is 298 Å². The molecular weight excluding hydrogens is 680 g/mol. The molecule has 0 aromatic heterocycles. The van der Waals surface area contributed by atoms with Gasteiger partial charge >= 0.3 is 6.09 Å². The summed E-state index contributed by atoms with van der Waals surface area (Å²) in [5, 5.41) is 2.76. The van der Waals surface area contributed by atoms with E-state index >= 15 is 8.78 Å². The number of likely N-dealkylation sites (tertiary alicyclic amines) is 1. The van der Waals surface area contributed by atoms with Crippen LogP contribution in [0.1, 0.15) is 71.3 Å². The summed E-state index contributed by atoms with van der Waals surface area (Å²) in [5.74, 6) is -3.69. The fourth-order valence-corrected chi connectivity index (χ4v) is 7.43. The third kappa shape index (κ3) is 10.6. The molecule has 1 atom stereocenters. The van der Waals surface area contributed by atoms with E-state index in [1.807, 2.05) is 4.72 Å². The lowest BCUT2D eigenvalue weighted by Crippen LogP contribution is -2.58. The molecule has 2 fully saturated rings. The van der Waals surface area contributed by atoms with Crippen LogP contribution in [0.15, 0.2) is 83.8 Å². The first-order valence-corrected chi connectivity index (χ1v) is 18.9. The van der Waals surface area contributed by atoms with Crippen molar-refractivity contribution in [3.8, 4) is 17.2 Å². The van der Waals surface area contributed by atoms with E-state index in [0.29, 0.717) is 24.0 Å². The zero-order valence-electron chi connectivity index (χ0n) is 29.3. The number of sulfonamides is 1. The molecule has 1 saturated carbocycles. The second-order valence-electron chi connectivity index (χ2n) is 14.2. The van der Waals surface area contributed by atoms with Gasteiger partial charge in [0.1, 0.15) is 22.8 Å². The highest BCUT2D eigenvalue weighted by Gasteiger charge is 2.50. The Balaban J connectivity index is 1.35. The first-order chi connectivity index (χ1) is 24.2. The molecule has 51 heavy (non-hydrogen) atoms. The van der Waals surface area contributed by atoms with Gasteiger partial charge in [0.25, 0.3) is 5.92 Å². The number of halogens is 2. The fourth-order valence-electron chi connectivity index (χ4n) is 6.24. The Kier molecular flexibility index (Phi) is 12.2. The zero-order valence-corrected chi connectivity index (χ0v) is 30.1. The van der Waals surface area contributed by atoms with Crippen LogP contribution < -0.4 is 19.5 Å². The normalized spacial score (nSPS) is 17.0. The third-order valence-electron chi connectivity index (χ3n) is 8.95. The quantitative estimate of drug-likeness (QED) is 0.200. The molecule has 0 radical (unpaired) electrons. The van der Waals surface area contributed by atoms with Gasteiger partial charge in [-0.05, 0) is 101 Å². The van der Waals surface area contributed by atoms with Gasteiger partial charge in [0, 0.05) is 24.7 Å². The number of hydrogen-bond donors (Lipinski definition) is 2. The number of carbonyl (C=O) groups excluding carboxylic acids is 2. The van der Waals surface area contributed by atoms with Crippen molar-refractivity contribution < 1.29 is 41.0 Å². The maximum absolute atomic E-state index is 16.6. The molecule has 2 aliphatic rings. The van der Waals surface area contributed by atoms with Crippen molar-refractivity contribution in [1.82, 2.24) is 14.9 Å². The smallest absolute Gasteiger partial charge is 0.407 e. The molecular formula is C38H47F2N3O7S. The summed E-state index contributed by atoms with van der Waals surface area (Å²) < 4.78 is 79.6. The number of alkyl halides is 2. The van der Waals surface area contributed by atoms with Gasteiger partial charge in [-0.3, -0.25) is 4.79 Å². The van der Waals surface area contributed by atoms with Crippen LogP contribution >= 0.6 is 0 Å². The lowest BCUT2D eigenvalue weighted by Gasteiger charge is -2.36. The standard InChI is InChI=1S/C38H47F2N3O7S/c1-37(2,3)50-36(45)41-29-21-23-43(24-22-29)35(44)34(38(39,40)28-13-10-16-32(25-28)49-31-14-8-5-9-15-31)42-51(46,47)33-19-17-30(18-20-33)48-26-27-11-6-4-7-12-27/h5,8-10,13-20,25,27,29,34,42H,4,6-7,11-12,21-24,26H2,1-3H3,(H,41,45). The van der Waals surface area contributed by atoms with E-state index in [1.165, 1.54) is 47.7 Å². The highest BCUT2D eigenvalue weighted by molar-refractivity contribution is 7.89. The molecule has 10 nitrogen and oxygen atoms in total. The summed E-state index contributed by atoms with van der Waals surface area (Å²) in [6.07, 6.45) is 5.61. The van der Waals surface area contributed by atoms with Gasteiger partial charge < -0.3 is 24.4 Å². The summed E-state index contributed by atoms with van der Waals surface area (Å²) in [6, 6.07) is 16.3. The topological polar surface area (TPSA) is 123 Å². The Bertz CT molecular complexity index is 1720. The van der Waals surface area contributed by atoms with Crippen LogP contribution in [-0.4, -0.2) is 62.7 Å². The average Bonchev–Trinajstić information content (AvgIpc) is 3.10. The second kappa shape index (κ2) is 16.4. The van der Waals surface area contributed by atoms with Gasteiger partial charge in [0.15, 0.2) is 6.04 Å². The zero-order chi connectivity index (χ0) is 36.6. The van der Waals surface area contributed by atoms with E-state index in [0.717, 1.165) is 37.8 Å². The highest BCUT2D eigenvalue weighted by Crippen LogP contribution is 2.37. The molecule has 5 rings (SSSR count). The Morgan fingerprint density at radius 1 is 0.843 bits per heavy atom. The van der Waals surface area contributed by atoms with Crippen molar-refractivity contribution in [1.29, 1.82) is 0 Å². The van der Waals surface area contributed by atoms with Crippen LogP contribution in [0, 0.1) is 5.92 Å². The summed E-state index contributed by atoms with van der Waals surface area (Å²) >= 11 is 0. The van der Waals surface area contributed by atoms with Crippen molar-refractivity contribution >= 4 is 22.0 Å². The van der Waals surface area contributed by atoms with E-state index < -0.39 is 45.2 Å². The van der Waals surface area contributed by atoms with Crippen LogP contribution in [0.2, 0.25) is 0 Å². The van der Waals surface area contributed by atoms with Gasteiger partial charge in [-0.2, -0.15) is 13.5 Å². The molecule has 1 saturated heterocycles. The summed E-state index contributed by atoms with van der Waals surface area (Å²) in [7, 11) is -4.63. The predicted molar refractivity (Wildman–Crippen MR) is 188 cm³/mol. The molecule has 1 unspecified atom stereocenters. The monoisotopic (exact) mass is 727 g/mol. The average molecular weight is 728 g/mol. The molecule has 3 aromatic rings. The number of amides is 2. The van der Waals surface area contributed by atoms with E-state index in [4.69, 9.17) is 14.2 Å². The number of nitrogens with zero attached hydrogens (tertiary/aromatic N) is 1. The third-order valence-corrected chi connectivity index (χ3v) is 10.4. The van der Waals surface area contributed by atoms with Gasteiger partial charge in [-0.25, -0.2) is 13.2 Å². The molecule has 3 aromatic carbocycles. The van der Waals surface area contributed by atoms with Gasteiger partial charge in [0.2, 0.25) is 15.9 Å². The first kappa shape index (κ1) is 38.0. The molecule has 1 aliphatic carbocycles. The molecule has 2 N–H and O–H groups in total. The van der Waals surface area contributed by atoms with Crippen LogP contribution in [0.25, 0.3) is 0 Å². The maximum Gasteiger partial charge on any atom is 0.407 e. The number of nitrogens with one attached hydrogen (secondary N) is 2. The lowest BCUT2D eigenvalue weighted by molar-refractivity contribution is -0.145. The number of benzene rings is 3. The number of ether oxygens (including phenoxy) is 3. The maximum atomic E-state index is 16.6. The number of hydrogen-bond acceptors (Lipinski definition) is 7. The second-order valence-corrected chi connectivity index (χ2v) is 15.9. The molecule has 0 spiro atoms. The molecule has 0 bridgehead atoms. The molecule has 13 heteroatoms. The number of alkyl carbamates (subject to hydrolysis) is 1. The lowest BCUT2D eigenvalue weighted by atomic mass is 9.90. The van der Waals surface area contributed by atoms with E-state index in [-0.39, 0.29) is 42.6 Å². The van der Waals surface area contributed by atoms with Crippen LogP contribution in [0.4, 0.5) is 13.6 Å². The van der Waals surface area contributed by atoms with Crippen molar-refractivity contribution in [2.45, 2.75) is 94.2 Å². The van der Waals surface area contributed by atoms with Gasteiger partial charge in [-0.1, -0.05) is 49.6 Å². The minimum absolute atomic E-state index is 0.0117. The molecule has 276 valence electrons. The van der Waals surface area contributed by atoms with Crippen LogP contribution in [0.5, 0.6) is 17.2 Å². The summed E-state index contributed by atoms with van der Waals surface area (Å²) in [6.45, 7) is 5.75. The number of rotatable bonds is 12. The predicted octanol–water partition coefficient (Wildman–Crippen LogP) is 7.39. The number of carbonyl (C=O) groups is 2. The van der Waals surface area contributed by atoms with Crippen molar-refractivity contribution in [2.75, 3.05) is 19.7 Å². The van der Waals surface area contributed by atoms with Gasteiger partial charge in [0.05, 0.1) is 11.5 Å². The van der Waals surface area contributed by atoms with Crippen LogP contribution in [-0.2, 0) is 25.5 Å². The fraction of sp³-hybridized carbons (Fsp3) is 0.474. The SMILES string of the molecule is CC(C)(C)OC(=O)NC1CCN(C(=O)C(NS(=O)(=O)c2ccc(OCC3CCCCC3)cc2)C(F)(F)c2cccc(Oc3ccccc3)c2)CC1. The van der Waals surface area contributed by atoms with Gasteiger partial charge in [-0.15, -0.1) is 0 Å². The summed E-state index contributed by atoms with van der Waals surface area (Å²) in [4.78, 5) is 27.2. The van der Waals surface area contributed by atoms with E-state index in [1.54, 1.807) is 51.1 Å². The summed E-state index contributed by atoms with van der Waals surface area (Å²) in [5.41, 5.74) is -1.31. The Morgan fingerprint density at radius 2 is 1.49 bits per heavy atom. The largest absolute Gasteiger partial charge is 0.493 e. The molecule has 1 heterocycles. The number of para-hydroxylation sites is 1. The Morgan fingerprint density at radius 3 is 2.14 bits per heavy atom. The van der Waals surface area contributed by atoms with Crippen molar-refractivity contribution in [3.63, 3.8) is 0 Å². The molecule has 1 aliphatic heterocycles.